The largest absolute Gasteiger partial charge is 0.508 e. The molecule has 36 heavy (non-hydrogen) atoms. The molecule has 0 bridgehead atoms. The number of anilines is 2. The second-order valence-corrected chi connectivity index (χ2v) is 9.67. The average Bonchev–Trinajstić information content (AvgIpc) is 2.85. The third-order valence-corrected chi connectivity index (χ3v) is 6.85. The number of amides is 1. The molecule has 1 saturated heterocycles. The maximum atomic E-state index is 13.6. The van der Waals surface area contributed by atoms with Crippen molar-refractivity contribution in [1.82, 2.24) is 4.90 Å². The predicted octanol–water partition coefficient (Wildman–Crippen LogP) is 5.48. The van der Waals surface area contributed by atoms with Gasteiger partial charge in [-0.05, 0) is 73.9 Å². The van der Waals surface area contributed by atoms with E-state index in [2.05, 4.69) is 36.3 Å². The molecule has 1 aliphatic rings. The maximum Gasteiger partial charge on any atom is 0.258 e. The number of hydrogen-bond acceptors (Lipinski definition) is 4. The second-order valence-electron chi connectivity index (χ2n) is 9.67. The number of carbonyl (C=O) groups is 1. The van der Waals surface area contributed by atoms with Crippen LogP contribution < -0.4 is 9.80 Å². The summed E-state index contributed by atoms with van der Waals surface area (Å²) in [5.74, 6) is -0.361. The molecule has 1 aliphatic heterocycles. The Labute approximate surface area is 213 Å². The minimum atomic E-state index is -0.383. The van der Waals surface area contributed by atoms with Gasteiger partial charge < -0.3 is 14.9 Å². The summed E-state index contributed by atoms with van der Waals surface area (Å²) in [7, 11) is 1.64. The van der Waals surface area contributed by atoms with Crippen LogP contribution in [0.4, 0.5) is 15.8 Å². The van der Waals surface area contributed by atoms with E-state index in [0.29, 0.717) is 29.8 Å². The zero-order valence-corrected chi connectivity index (χ0v) is 21.2. The van der Waals surface area contributed by atoms with Crippen LogP contribution in [0, 0.1) is 5.82 Å². The molecule has 0 aromatic heterocycles. The van der Waals surface area contributed by atoms with Crippen molar-refractivity contribution < 1.29 is 14.3 Å². The van der Waals surface area contributed by atoms with Crippen LogP contribution in [0.1, 0.15) is 35.3 Å². The van der Waals surface area contributed by atoms with Gasteiger partial charge in [0.1, 0.15) is 11.6 Å². The van der Waals surface area contributed by atoms with E-state index >= 15 is 0 Å². The normalized spacial score (nSPS) is 18.2. The molecule has 3 aromatic rings. The highest BCUT2D eigenvalue weighted by atomic mass is 19.1. The van der Waals surface area contributed by atoms with E-state index in [1.165, 1.54) is 17.0 Å². The van der Waals surface area contributed by atoms with E-state index in [1.54, 1.807) is 31.3 Å². The van der Waals surface area contributed by atoms with E-state index in [1.807, 2.05) is 30.3 Å². The molecule has 0 aliphatic carbocycles. The molecule has 5 nitrogen and oxygen atoms in total. The summed E-state index contributed by atoms with van der Waals surface area (Å²) < 4.78 is 13.6. The van der Waals surface area contributed by atoms with Gasteiger partial charge in [0.25, 0.3) is 5.91 Å². The zero-order valence-electron chi connectivity index (χ0n) is 21.2. The molecule has 1 heterocycles. The summed E-state index contributed by atoms with van der Waals surface area (Å²) >= 11 is 0. The monoisotopic (exact) mass is 487 g/mol. The molecule has 3 aromatic carbocycles. The van der Waals surface area contributed by atoms with E-state index in [4.69, 9.17) is 0 Å². The fourth-order valence-corrected chi connectivity index (χ4v) is 4.95. The Morgan fingerprint density at radius 2 is 1.83 bits per heavy atom. The van der Waals surface area contributed by atoms with Crippen LogP contribution in [0.25, 0.3) is 0 Å². The molecule has 1 amide bonds. The maximum absolute atomic E-state index is 13.6. The van der Waals surface area contributed by atoms with Gasteiger partial charge >= 0.3 is 0 Å². The highest BCUT2D eigenvalue weighted by Gasteiger charge is 2.28. The predicted molar refractivity (Wildman–Crippen MR) is 145 cm³/mol. The van der Waals surface area contributed by atoms with Gasteiger partial charge in [-0.2, -0.15) is 0 Å². The lowest BCUT2D eigenvalue weighted by molar-refractivity contribution is 0.0993. The summed E-state index contributed by atoms with van der Waals surface area (Å²) in [4.78, 5) is 19.3. The lowest BCUT2D eigenvalue weighted by atomic mass is 10.00. The SMILES string of the molecule is C=CCN1C[C@H](C)N(c2cc(O)cc(Cc3cccc(C(=O)N(C)c4cccc(F)c4)c3)c2)C[C@H]1C. The van der Waals surface area contributed by atoms with Crippen molar-refractivity contribution in [3.63, 3.8) is 0 Å². The van der Waals surface area contributed by atoms with Gasteiger partial charge in [-0.25, -0.2) is 4.39 Å². The van der Waals surface area contributed by atoms with Crippen molar-refractivity contribution in [3.05, 3.63) is 102 Å². The molecule has 188 valence electrons. The molecule has 0 spiro atoms. The molecular weight excluding hydrogens is 453 g/mol. The molecule has 1 fully saturated rings. The number of aromatic hydroxyl groups is 1. The lowest BCUT2D eigenvalue weighted by Crippen LogP contribution is -2.56. The first kappa shape index (κ1) is 25.5. The van der Waals surface area contributed by atoms with Crippen LogP contribution in [-0.4, -0.2) is 54.7 Å². The number of halogens is 1. The summed E-state index contributed by atoms with van der Waals surface area (Å²) in [6, 6.07) is 19.9. The number of phenolic OH excluding ortho intramolecular Hbond substituents is 1. The van der Waals surface area contributed by atoms with Gasteiger partial charge in [0.05, 0.1) is 0 Å². The summed E-state index contributed by atoms with van der Waals surface area (Å²) in [6.45, 7) is 11.0. The standard InChI is InChI=1S/C30H34FN3O2/c1-5-12-33-19-22(3)34(20-21(33)2)28-15-24(16-29(35)18-28)13-23-8-6-9-25(14-23)30(36)32(4)27-11-7-10-26(31)17-27/h5-11,14-18,21-22,35H,1,12-13,19-20H2,2-4H3/t21-,22+/m1/s1. The molecular formula is C30H34FN3O2. The van der Waals surface area contributed by atoms with E-state index in [-0.39, 0.29) is 17.5 Å². The van der Waals surface area contributed by atoms with Crippen LogP contribution in [-0.2, 0) is 6.42 Å². The first-order chi connectivity index (χ1) is 17.2. The number of phenols is 1. The van der Waals surface area contributed by atoms with E-state index < -0.39 is 0 Å². The highest BCUT2D eigenvalue weighted by molar-refractivity contribution is 6.05. The van der Waals surface area contributed by atoms with Crippen molar-refractivity contribution in [1.29, 1.82) is 0 Å². The van der Waals surface area contributed by atoms with Crippen LogP contribution in [0.5, 0.6) is 5.75 Å². The average molecular weight is 488 g/mol. The minimum Gasteiger partial charge on any atom is -0.508 e. The Bertz CT molecular complexity index is 1240. The third kappa shape index (κ3) is 5.77. The van der Waals surface area contributed by atoms with Crippen LogP contribution in [0.2, 0.25) is 0 Å². The molecule has 2 atom stereocenters. The number of benzene rings is 3. The third-order valence-electron chi connectivity index (χ3n) is 6.85. The van der Waals surface area contributed by atoms with Crippen molar-refractivity contribution in [2.24, 2.45) is 0 Å². The van der Waals surface area contributed by atoms with Gasteiger partial charge in [0.15, 0.2) is 0 Å². The number of nitrogens with zero attached hydrogens (tertiary/aromatic N) is 3. The molecule has 0 unspecified atom stereocenters. The zero-order chi connectivity index (χ0) is 25.8. The van der Waals surface area contributed by atoms with Gasteiger partial charge in [-0.15, -0.1) is 6.58 Å². The molecule has 1 N–H and O–H groups in total. The smallest absolute Gasteiger partial charge is 0.258 e. The van der Waals surface area contributed by atoms with E-state index in [0.717, 1.165) is 36.4 Å². The Hall–Kier alpha value is -3.64. The Kier molecular flexibility index (Phi) is 7.75. The minimum absolute atomic E-state index is 0.209. The number of hydrogen-bond donors (Lipinski definition) is 1. The van der Waals surface area contributed by atoms with Crippen LogP contribution in [0.3, 0.4) is 0 Å². The molecule has 4 rings (SSSR count). The Balaban J connectivity index is 1.53. The summed E-state index contributed by atoms with van der Waals surface area (Å²) in [6.07, 6.45) is 2.52. The van der Waals surface area contributed by atoms with Crippen molar-refractivity contribution in [2.45, 2.75) is 32.4 Å². The molecule has 0 saturated carbocycles. The number of piperazine rings is 1. The van der Waals surface area contributed by atoms with Crippen molar-refractivity contribution in [3.8, 4) is 5.75 Å². The van der Waals surface area contributed by atoms with Gasteiger partial charge in [0.2, 0.25) is 0 Å². The number of rotatable bonds is 7. The number of carbonyl (C=O) groups excluding carboxylic acids is 1. The topological polar surface area (TPSA) is 47.0 Å². The first-order valence-corrected chi connectivity index (χ1v) is 12.3. The quantitative estimate of drug-likeness (QED) is 0.448. The lowest BCUT2D eigenvalue weighted by Gasteiger charge is -2.45. The Morgan fingerprint density at radius 1 is 1.06 bits per heavy atom. The van der Waals surface area contributed by atoms with Crippen molar-refractivity contribution in [2.75, 3.05) is 36.5 Å². The second kappa shape index (κ2) is 11.0. The van der Waals surface area contributed by atoms with Gasteiger partial charge in [0, 0.05) is 61.8 Å². The van der Waals surface area contributed by atoms with Crippen LogP contribution in [0.15, 0.2) is 79.4 Å². The summed E-state index contributed by atoms with van der Waals surface area (Å²) in [5, 5.41) is 10.5. The van der Waals surface area contributed by atoms with Crippen LogP contribution >= 0.6 is 0 Å². The first-order valence-electron chi connectivity index (χ1n) is 12.3. The molecule has 6 heteroatoms. The van der Waals surface area contributed by atoms with Gasteiger partial charge in [-0.3, -0.25) is 9.69 Å². The fourth-order valence-electron chi connectivity index (χ4n) is 4.95. The van der Waals surface area contributed by atoms with E-state index in [9.17, 15) is 14.3 Å². The van der Waals surface area contributed by atoms with Gasteiger partial charge in [-0.1, -0.05) is 24.3 Å². The Morgan fingerprint density at radius 3 is 2.58 bits per heavy atom. The molecule has 0 radical (unpaired) electrons. The summed E-state index contributed by atoms with van der Waals surface area (Å²) in [5.41, 5.74) is 3.96. The fraction of sp³-hybridized carbons (Fsp3) is 0.300. The van der Waals surface area contributed by atoms with Crippen molar-refractivity contribution >= 4 is 17.3 Å². The highest BCUT2D eigenvalue weighted by Crippen LogP contribution is 2.29.